The van der Waals surface area contributed by atoms with Crippen LogP contribution in [0, 0.1) is 0 Å². The molecule has 1 atom stereocenters. The van der Waals surface area contributed by atoms with Crippen LogP contribution in [0.2, 0.25) is 0 Å². The molecule has 0 aliphatic heterocycles. The maximum atomic E-state index is 6.73. The lowest BCUT2D eigenvalue weighted by Gasteiger charge is -2.18. The normalized spacial score (nSPS) is 15.4. The SMILES string of the molecule is C1=CC(c2cccc(-c3nc(-c4cc(-n5c6ccccc6c6cc7ccccc7cc65)cc5oc6ccccc6c45)nc(C4C=CC(c5ccccc5)=CC4)n3)c2)=CCC1. The van der Waals surface area contributed by atoms with Gasteiger partial charge in [-0.05, 0) is 88.7 Å². The Hall–Kier alpha value is -7.63. The monoisotopic (exact) mass is 770 g/mol. The largest absolute Gasteiger partial charge is 0.456 e. The smallest absolute Gasteiger partial charge is 0.164 e. The van der Waals surface area contributed by atoms with Crippen molar-refractivity contribution in [3.63, 3.8) is 0 Å². The van der Waals surface area contributed by atoms with Crippen molar-refractivity contribution in [1.82, 2.24) is 19.5 Å². The molecule has 60 heavy (non-hydrogen) atoms. The standard InChI is InChI=1S/C55H38N4O/c1-3-14-35(15-4-1)37-26-28-38(29-27-37)53-56-54(42-21-13-20-39(30-42)36-16-5-2-6-17-36)58-55(57-53)47-33-43(34-51-52(47)45-23-10-12-25-50(45)60-51)59-48-24-11-9-22-44(48)46-31-40-18-7-8-19-41(40)32-49(46)59/h1,3-5,7-28,30-34,38H,2,6,29H2. The molecule has 284 valence electrons. The first-order valence-corrected chi connectivity index (χ1v) is 20.8. The third-order valence-corrected chi connectivity index (χ3v) is 12.1. The number of hydrogen-bond donors (Lipinski definition) is 0. The average molecular weight is 771 g/mol. The van der Waals surface area contributed by atoms with Crippen LogP contribution in [-0.2, 0) is 0 Å². The van der Waals surface area contributed by atoms with Gasteiger partial charge in [-0.25, -0.2) is 15.0 Å². The first-order chi connectivity index (χ1) is 29.7. The van der Waals surface area contributed by atoms with Crippen molar-refractivity contribution in [1.29, 1.82) is 0 Å². The van der Waals surface area contributed by atoms with Crippen LogP contribution in [0.15, 0.2) is 193 Å². The lowest BCUT2D eigenvalue weighted by atomic mass is 9.92. The molecule has 5 heteroatoms. The van der Waals surface area contributed by atoms with Crippen LogP contribution in [-0.4, -0.2) is 19.5 Å². The van der Waals surface area contributed by atoms with Gasteiger partial charge in [-0.1, -0.05) is 146 Å². The average Bonchev–Trinajstić information content (AvgIpc) is 3.86. The van der Waals surface area contributed by atoms with Gasteiger partial charge in [0.05, 0.1) is 16.7 Å². The summed E-state index contributed by atoms with van der Waals surface area (Å²) in [5, 5.41) is 6.82. The molecule has 0 saturated heterocycles. The summed E-state index contributed by atoms with van der Waals surface area (Å²) >= 11 is 0. The highest BCUT2D eigenvalue weighted by Gasteiger charge is 2.24. The lowest BCUT2D eigenvalue weighted by molar-refractivity contribution is 0.668. The fourth-order valence-corrected chi connectivity index (χ4v) is 9.21. The van der Waals surface area contributed by atoms with Gasteiger partial charge < -0.3 is 8.98 Å². The summed E-state index contributed by atoms with van der Waals surface area (Å²) in [6.45, 7) is 0. The molecule has 3 heterocycles. The molecule has 2 aliphatic rings. The van der Waals surface area contributed by atoms with E-state index in [9.17, 15) is 0 Å². The summed E-state index contributed by atoms with van der Waals surface area (Å²) in [7, 11) is 0. The van der Waals surface area contributed by atoms with E-state index in [1.807, 2.05) is 12.1 Å². The molecule has 0 N–H and O–H groups in total. The summed E-state index contributed by atoms with van der Waals surface area (Å²) in [4.78, 5) is 16.1. The first-order valence-electron chi connectivity index (χ1n) is 20.8. The van der Waals surface area contributed by atoms with Gasteiger partial charge in [-0.2, -0.15) is 0 Å². The van der Waals surface area contributed by atoms with Crippen LogP contribution < -0.4 is 0 Å². The summed E-state index contributed by atoms with van der Waals surface area (Å²) < 4.78 is 9.10. The highest BCUT2D eigenvalue weighted by atomic mass is 16.3. The summed E-state index contributed by atoms with van der Waals surface area (Å²) in [5.41, 5.74) is 11.5. The second kappa shape index (κ2) is 14.0. The zero-order valence-corrected chi connectivity index (χ0v) is 32.8. The van der Waals surface area contributed by atoms with Crippen LogP contribution in [0.4, 0.5) is 0 Å². The Labute approximate surface area is 347 Å². The van der Waals surface area contributed by atoms with E-state index >= 15 is 0 Å². The molecular formula is C55H38N4O. The zero-order valence-electron chi connectivity index (χ0n) is 32.8. The molecule has 1 unspecified atom stereocenters. The van der Waals surface area contributed by atoms with Crippen molar-refractivity contribution in [3.05, 3.63) is 205 Å². The van der Waals surface area contributed by atoms with E-state index in [0.29, 0.717) is 11.6 Å². The fraction of sp³-hybridized carbons (Fsp3) is 0.0727. The molecule has 3 aromatic heterocycles. The van der Waals surface area contributed by atoms with E-state index in [4.69, 9.17) is 19.4 Å². The van der Waals surface area contributed by atoms with Gasteiger partial charge in [0.2, 0.25) is 0 Å². The minimum Gasteiger partial charge on any atom is -0.456 e. The van der Waals surface area contributed by atoms with Crippen molar-refractivity contribution in [2.75, 3.05) is 0 Å². The van der Waals surface area contributed by atoms with Crippen LogP contribution in [0.25, 0.3) is 94.1 Å². The molecule has 0 amide bonds. The Kier molecular flexibility index (Phi) is 8.05. The number of furan rings is 1. The van der Waals surface area contributed by atoms with Gasteiger partial charge >= 0.3 is 0 Å². The van der Waals surface area contributed by atoms with E-state index < -0.39 is 0 Å². The Bertz CT molecular complexity index is 3470. The Morgan fingerprint density at radius 2 is 1.27 bits per heavy atom. The number of para-hydroxylation sites is 2. The predicted molar refractivity (Wildman–Crippen MR) is 247 cm³/mol. The van der Waals surface area contributed by atoms with E-state index in [-0.39, 0.29) is 5.92 Å². The van der Waals surface area contributed by atoms with Gasteiger partial charge in [0.1, 0.15) is 17.0 Å². The second-order valence-corrected chi connectivity index (χ2v) is 15.8. The van der Waals surface area contributed by atoms with Crippen molar-refractivity contribution >= 4 is 65.7 Å². The Balaban J connectivity index is 1.10. The van der Waals surface area contributed by atoms with Crippen molar-refractivity contribution in [3.8, 4) is 28.5 Å². The van der Waals surface area contributed by atoms with Crippen molar-refractivity contribution < 1.29 is 4.42 Å². The van der Waals surface area contributed by atoms with Crippen LogP contribution in [0.3, 0.4) is 0 Å². The van der Waals surface area contributed by atoms with Crippen molar-refractivity contribution in [2.45, 2.75) is 25.2 Å². The molecule has 0 spiro atoms. The van der Waals surface area contributed by atoms with E-state index in [1.54, 1.807) is 0 Å². The Morgan fingerprint density at radius 1 is 0.517 bits per heavy atom. The minimum absolute atomic E-state index is 0.0319. The number of allylic oxidation sites excluding steroid dienone is 8. The molecule has 0 radical (unpaired) electrons. The van der Waals surface area contributed by atoms with Crippen LogP contribution in [0.1, 0.15) is 42.1 Å². The third kappa shape index (κ3) is 5.81. The molecule has 7 aromatic carbocycles. The van der Waals surface area contributed by atoms with Gasteiger partial charge in [-0.15, -0.1) is 0 Å². The number of rotatable bonds is 6. The lowest BCUT2D eigenvalue weighted by Crippen LogP contribution is -2.09. The molecule has 0 fully saturated rings. The van der Waals surface area contributed by atoms with E-state index in [2.05, 4.69) is 181 Å². The van der Waals surface area contributed by atoms with Crippen molar-refractivity contribution in [2.24, 2.45) is 0 Å². The van der Waals surface area contributed by atoms with Gasteiger partial charge in [-0.3, -0.25) is 0 Å². The number of nitrogens with zero attached hydrogens (tertiary/aromatic N) is 4. The molecule has 0 bridgehead atoms. The van der Waals surface area contributed by atoms with E-state index in [1.165, 1.54) is 38.3 Å². The topological polar surface area (TPSA) is 56.7 Å². The van der Waals surface area contributed by atoms with Gasteiger partial charge in [0.15, 0.2) is 11.6 Å². The fourth-order valence-electron chi connectivity index (χ4n) is 9.21. The molecule has 2 aliphatic carbocycles. The highest BCUT2D eigenvalue weighted by Crippen LogP contribution is 2.42. The van der Waals surface area contributed by atoms with Crippen LogP contribution in [0.5, 0.6) is 0 Å². The summed E-state index contributed by atoms with van der Waals surface area (Å²) in [5.74, 6) is 1.98. The number of aromatic nitrogens is 4. The molecule has 5 nitrogen and oxygen atoms in total. The van der Waals surface area contributed by atoms with Crippen LogP contribution >= 0.6 is 0 Å². The van der Waals surface area contributed by atoms with Gasteiger partial charge in [0.25, 0.3) is 0 Å². The maximum Gasteiger partial charge on any atom is 0.164 e. The molecule has 10 aromatic rings. The number of hydrogen-bond acceptors (Lipinski definition) is 4. The quantitative estimate of drug-likeness (QED) is 0.169. The molecule has 0 saturated carbocycles. The zero-order chi connectivity index (χ0) is 39.6. The molecule has 12 rings (SSSR count). The number of benzene rings is 7. The predicted octanol–water partition coefficient (Wildman–Crippen LogP) is 14.2. The van der Waals surface area contributed by atoms with E-state index in [0.717, 1.165) is 80.4 Å². The maximum absolute atomic E-state index is 6.73. The highest BCUT2D eigenvalue weighted by molar-refractivity contribution is 6.15. The first kappa shape index (κ1) is 34.4. The summed E-state index contributed by atoms with van der Waals surface area (Å²) in [6, 6.07) is 53.8. The molecular weight excluding hydrogens is 733 g/mol. The number of fused-ring (bicyclic) bond motifs is 7. The minimum atomic E-state index is -0.0319. The van der Waals surface area contributed by atoms with Gasteiger partial charge in [0, 0.05) is 44.7 Å². The Morgan fingerprint density at radius 3 is 2.12 bits per heavy atom. The summed E-state index contributed by atoms with van der Waals surface area (Å²) in [6.07, 6.45) is 16.4. The second-order valence-electron chi connectivity index (χ2n) is 15.8. The third-order valence-electron chi connectivity index (χ3n) is 12.1.